The first kappa shape index (κ1) is 23.9. The van der Waals surface area contributed by atoms with Gasteiger partial charge in [-0.25, -0.2) is 9.97 Å². The zero-order chi connectivity index (χ0) is 21.8. The fraction of sp³-hybridized carbons (Fsp3) is 0.500. The van der Waals surface area contributed by atoms with Crippen LogP contribution in [0.15, 0.2) is 35.5 Å². The molecule has 0 amide bonds. The van der Waals surface area contributed by atoms with Crippen molar-refractivity contribution in [1.82, 2.24) is 20.3 Å². The van der Waals surface area contributed by atoms with Crippen molar-refractivity contribution in [2.45, 2.75) is 36.7 Å². The van der Waals surface area contributed by atoms with Crippen LogP contribution >= 0.6 is 0 Å². The first-order valence-electron chi connectivity index (χ1n) is 9.66. The van der Waals surface area contributed by atoms with Crippen molar-refractivity contribution in [2.75, 3.05) is 36.9 Å². The highest BCUT2D eigenvalue weighted by Gasteiger charge is 2.15. The molecule has 1 aromatic carbocycles. The number of aliphatic hydroxyl groups is 2. The van der Waals surface area contributed by atoms with Gasteiger partial charge in [-0.2, -0.15) is 13.4 Å². The van der Waals surface area contributed by atoms with Crippen LogP contribution < -0.4 is 16.0 Å². The predicted octanol–water partition coefficient (Wildman–Crippen LogP) is 0.777. The lowest BCUT2D eigenvalue weighted by Crippen LogP contribution is -2.29. The van der Waals surface area contributed by atoms with Crippen LogP contribution in [-0.4, -0.2) is 70.5 Å². The minimum absolute atomic E-state index is 0.153. The van der Waals surface area contributed by atoms with Crippen molar-refractivity contribution >= 4 is 27.7 Å². The molecule has 0 spiro atoms. The summed E-state index contributed by atoms with van der Waals surface area (Å²) in [7, 11) is -4.38. The van der Waals surface area contributed by atoms with Gasteiger partial charge in [0.15, 0.2) is 0 Å². The number of rotatable bonds is 14. The average Bonchev–Trinajstić information content (AvgIpc) is 2.72. The molecule has 1 aromatic heterocycles. The molecule has 11 nitrogen and oxygen atoms in total. The van der Waals surface area contributed by atoms with E-state index < -0.39 is 16.2 Å². The zero-order valence-electron chi connectivity index (χ0n) is 16.5. The highest BCUT2D eigenvalue weighted by molar-refractivity contribution is 7.86. The molecule has 0 aliphatic rings. The van der Waals surface area contributed by atoms with E-state index in [4.69, 9.17) is 5.11 Å². The summed E-state index contributed by atoms with van der Waals surface area (Å²) >= 11 is 0. The highest BCUT2D eigenvalue weighted by Crippen LogP contribution is 2.23. The minimum atomic E-state index is -4.38. The summed E-state index contributed by atoms with van der Waals surface area (Å²) in [6.07, 6.45) is 4.52. The Balaban J connectivity index is 1.73. The van der Waals surface area contributed by atoms with E-state index in [2.05, 4.69) is 30.9 Å². The Labute approximate surface area is 175 Å². The van der Waals surface area contributed by atoms with Crippen LogP contribution in [-0.2, 0) is 10.1 Å². The lowest BCUT2D eigenvalue weighted by Gasteiger charge is -2.10. The van der Waals surface area contributed by atoms with Gasteiger partial charge in [0.25, 0.3) is 10.1 Å². The second kappa shape index (κ2) is 12.3. The monoisotopic (exact) mass is 440 g/mol. The minimum Gasteiger partial charge on any atom is -0.394 e. The Bertz CT molecular complexity index is 883. The molecule has 0 fully saturated rings. The smallest absolute Gasteiger partial charge is 0.296 e. The maximum absolute atomic E-state index is 11.5. The molecular formula is C18H28N6O5S. The van der Waals surface area contributed by atoms with Crippen molar-refractivity contribution in [2.24, 2.45) is 0 Å². The molecular weight excluding hydrogens is 412 g/mol. The summed E-state index contributed by atoms with van der Waals surface area (Å²) in [5, 5.41) is 26.9. The Morgan fingerprint density at radius 2 is 1.70 bits per heavy atom. The van der Waals surface area contributed by atoms with Crippen LogP contribution in [0.5, 0.6) is 0 Å². The first-order valence-corrected chi connectivity index (χ1v) is 11.1. The number of hydrogen-bond acceptors (Lipinski definition) is 10. The summed E-state index contributed by atoms with van der Waals surface area (Å²) in [6, 6.07) is 5.91. The van der Waals surface area contributed by atoms with Gasteiger partial charge in [0.1, 0.15) is 11.2 Å². The van der Waals surface area contributed by atoms with Crippen LogP contribution in [0.4, 0.5) is 17.6 Å². The van der Waals surface area contributed by atoms with Gasteiger partial charge in [-0.1, -0.05) is 25.0 Å². The fourth-order valence-corrected chi connectivity index (χ4v) is 3.27. The lowest BCUT2D eigenvalue weighted by atomic mass is 10.2. The standard InChI is InChI=1S/C18H28N6O5S/c25-12-14(26)11-19-9-5-1-2-6-10-20-17-21-13-22-18(24-17)23-15-7-3-4-8-16(15)30(27,28)29/h3-4,7-8,13-14,19,25-26H,1-2,5-6,9-12H2,(H,27,28,29)(H2,20,21,22,23,24). The van der Waals surface area contributed by atoms with Crippen LogP contribution in [0.2, 0.25) is 0 Å². The quantitative estimate of drug-likeness (QED) is 0.181. The molecule has 1 heterocycles. The number of benzene rings is 1. The number of hydrogen-bond donors (Lipinski definition) is 6. The molecule has 0 aliphatic carbocycles. The maximum Gasteiger partial charge on any atom is 0.296 e. The van der Waals surface area contributed by atoms with Crippen LogP contribution in [0, 0.1) is 0 Å². The van der Waals surface area contributed by atoms with E-state index in [0.717, 1.165) is 32.2 Å². The van der Waals surface area contributed by atoms with Crippen molar-refractivity contribution in [3.8, 4) is 0 Å². The molecule has 2 rings (SSSR count). The first-order chi connectivity index (χ1) is 14.4. The molecule has 0 radical (unpaired) electrons. The summed E-state index contributed by atoms with van der Waals surface area (Å²) < 4.78 is 32.2. The normalized spacial score (nSPS) is 12.5. The van der Waals surface area contributed by atoms with E-state index >= 15 is 0 Å². The number of nitrogens with zero attached hydrogens (tertiary/aromatic N) is 3. The van der Waals surface area contributed by atoms with Gasteiger partial charge in [-0.3, -0.25) is 4.55 Å². The number of unbranched alkanes of at least 4 members (excludes halogenated alkanes) is 3. The molecule has 2 aromatic rings. The molecule has 12 heteroatoms. The number of aromatic nitrogens is 3. The van der Waals surface area contributed by atoms with Crippen LogP contribution in [0.3, 0.4) is 0 Å². The molecule has 30 heavy (non-hydrogen) atoms. The van der Waals surface area contributed by atoms with E-state index in [1.165, 1.54) is 24.5 Å². The molecule has 0 saturated carbocycles. The van der Waals surface area contributed by atoms with Gasteiger partial charge in [-0.05, 0) is 31.5 Å². The van der Waals surface area contributed by atoms with Crippen molar-refractivity contribution in [3.05, 3.63) is 30.6 Å². The number of aliphatic hydroxyl groups excluding tert-OH is 2. The second-order valence-electron chi connectivity index (χ2n) is 6.61. The SMILES string of the molecule is O=S(=O)(O)c1ccccc1Nc1ncnc(NCCCCCCNCC(O)CO)n1. The maximum atomic E-state index is 11.5. The largest absolute Gasteiger partial charge is 0.394 e. The van der Waals surface area contributed by atoms with Crippen molar-refractivity contribution in [1.29, 1.82) is 0 Å². The third-order valence-electron chi connectivity index (χ3n) is 4.14. The topological polar surface area (TPSA) is 170 Å². The van der Waals surface area contributed by atoms with Gasteiger partial charge in [0, 0.05) is 13.1 Å². The molecule has 166 valence electrons. The average molecular weight is 441 g/mol. The van der Waals surface area contributed by atoms with Gasteiger partial charge < -0.3 is 26.2 Å². The van der Waals surface area contributed by atoms with Crippen molar-refractivity contribution in [3.63, 3.8) is 0 Å². The van der Waals surface area contributed by atoms with Crippen LogP contribution in [0.1, 0.15) is 25.7 Å². The lowest BCUT2D eigenvalue weighted by molar-refractivity contribution is 0.0945. The third-order valence-corrected chi connectivity index (χ3v) is 5.05. The van der Waals surface area contributed by atoms with E-state index in [1.54, 1.807) is 6.07 Å². The zero-order valence-corrected chi connectivity index (χ0v) is 17.3. The molecule has 0 bridgehead atoms. The molecule has 6 N–H and O–H groups in total. The predicted molar refractivity (Wildman–Crippen MR) is 112 cm³/mol. The number of anilines is 3. The molecule has 0 saturated heterocycles. The second-order valence-corrected chi connectivity index (χ2v) is 8.00. The fourth-order valence-electron chi connectivity index (χ4n) is 2.62. The van der Waals surface area contributed by atoms with Gasteiger partial charge in [-0.15, -0.1) is 0 Å². The molecule has 0 aliphatic heterocycles. The third kappa shape index (κ3) is 8.55. The Kier molecular flexibility index (Phi) is 9.83. The van der Waals surface area contributed by atoms with Gasteiger partial charge in [0.2, 0.25) is 11.9 Å². The Hall–Kier alpha value is -2.38. The van der Waals surface area contributed by atoms with E-state index in [0.29, 0.717) is 19.0 Å². The van der Waals surface area contributed by atoms with E-state index in [1.807, 2.05) is 0 Å². The summed E-state index contributed by atoms with van der Waals surface area (Å²) in [6.45, 7) is 1.61. The van der Waals surface area contributed by atoms with Crippen LogP contribution in [0.25, 0.3) is 0 Å². The summed E-state index contributed by atoms with van der Waals surface area (Å²) in [4.78, 5) is 11.9. The molecule has 1 unspecified atom stereocenters. The molecule has 1 atom stereocenters. The van der Waals surface area contributed by atoms with E-state index in [9.17, 15) is 18.1 Å². The summed E-state index contributed by atoms with van der Waals surface area (Å²) in [5.74, 6) is 0.510. The number of nitrogens with one attached hydrogen (secondary N) is 3. The van der Waals surface area contributed by atoms with Crippen molar-refractivity contribution < 1.29 is 23.2 Å². The van der Waals surface area contributed by atoms with Gasteiger partial charge >= 0.3 is 0 Å². The Morgan fingerprint density at radius 1 is 1.00 bits per heavy atom. The van der Waals surface area contributed by atoms with E-state index in [-0.39, 0.29) is 23.1 Å². The van der Waals surface area contributed by atoms with Gasteiger partial charge in [0.05, 0.1) is 18.4 Å². The summed E-state index contributed by atoms with van der Waals surface area (Å²) in [5.41, 5.74) is 0.164. The number of para-hydroxylation sites is 1. The highest BCUT2D eigenvalue weighted by atomic mass is 32.2. The Morgan fingerprint density at radius 3 is 2.43 bits per heavy atom.